The highest BCUT2D eigenvalue weighted by molar-refractivity contribution is 7.84. The molecule has 0 spiro atoms. The number of nitrogens with one attached hydrogen (secondary N) is 1. The highest BCUT2D eigenvalue weighted by atomic mass is 32.2. The number of carboxylic acid groups (broad SMARTS) is 1. The van der Waals surface area contributed by atoms with Crippen LogP contribution in [0, 0.1) is 0 Å². The molecule has 17 heavy (non-hydrogen) atoms. The molecule has 0 aromatic rings. The molecule has 0 aliphatic rings. The van der Waals surface area contributed by atoms with E-state index in [1.165, 1.54) is 4.90 Å². The number of amides is 2. The number of carbonyl (C=O) groups is 2. The monoisotopic (exact) mass is 264 g/mol. The molecular formula is C10H20N2O4S. The molecule has 2 N–H and O–H groups in total. The van der Waals surface area contributed by atoms with Crippen LogP contribution in [0.25, 0.3) is 0 Å². The van der Waals surface area contributed by atoms with E-state index >= 15 is 0 Å². The largest absolute Gasteiger partial charge is 0.480 e. The summed E-state index contributed by atoms with van der Waals surface area (Å²) in [5.74, 6) is -0.703. The third kappa shape index (κ3) is 6.93. The molecule has 7 heteroatoms. The summed E-state index contributed by atoms with van der Waals surface area (Å²) in [4.78, 5) is 23.7. The molecule has 0 saturated heterocycles. The highest BCUT2D eigenvalue weighted by Gasteiger charge is 2.28. The van der Waals surface area contributed by atoms with Crippen molar-refractivity contribution in [2.24, 2.45) is 0 Å². The number of aliphatic carboxylic acids is 1. The molecule has 0 aliphatic heterocycles. The van der Waals surface area contributed by atoms with Crippen molar-refractivity contribution < 1.29 is 18.9 Å². The van der Waals surface area contributed by atoms with Crippen molar-refractivity contribution in [2.75, 3.05) is 25.1 Å². The van der Waals surface area contributed by atoms with Gasteiger partial charge < -0.3 is 15.3 Å². The lowest BCUT2D eigenvalue weighted by Crippen LogP contribution is -2.52. The summed E-state index contributed by atoms with van der Waals surface area (Å²) < 4.78 is 10.8. The van der Waals surface area contributed by atoms with E-state index < -0.39 is 28.3 Å². The predicted molar refractivity (Wildman–Crippen MR) is 66.4 cm³/mol. The molecule has 0 fully saturated rings. The summed E-state index contributed by atoms with van der Waals surface area (Å²) in [5.41, 5.74) is -0.576. The van der Waals surface area contributed by atoms with E-state index in [0.29, 0.717) is 5.75 Å². The van der Waals surface area contributed by atoms with Crippen molar-refractivity contribution in [3.63, 3.8) is 0 Å². The number of rotatable bonds is 5. The minimum atomic E-state index is -1.06. The van der Waals surface area contributed by atoms with Crippen molar-refractivity contribution in [3.8, 4) is 0 Å². The van der Waals surface area contributed by atoms with Crippen molar-refractivity contribution in [3.05, 3.63) is 0 Å². The number of hydrogen-bond donors (Lipinski definition) is 2. The maximum Gasteiger partial charge on any atom is 0.323 e. The number of urea groups is 1. The van der Waals surface area contributed by atoms with Crippen LogP contribution < -0.4 is 5.32 Å². The fourth-order valence-electron chi connectivity index (χ4n) is 1.15. The molecule has 0 aromatic heterocycles. The maximum atomic E-state index is 11.8. The quantitative estimate of drug-likeness (QED) is 0.745. The van der Waals surface area contributed by atoms with E-state index in [1.807, 2.05) is 0 Å². The molecule has 0 radical (unpaired) electrons. The van der Waals surface area contributed by atoms with Crippen molar-refractivity contribution in [2.45, 2.75) is 26.3 Å². The fraction of sp³-hybridized carbons (Fsp3) is 0.800. The van der Waals surface area contributed by atoms with Gasteiger partial charge in [-0.1, -0.05) is 0 Å². The van der Waals surface area contributed by atoms with Gasteiger partial charge >= 0.3 is 12.0 Å². The summed E-state index contributed by atoms with van der Waals surface area (Å²) in [6.07, 6.45) is 1.55. The smallest absolute Gasteiger partial charge is 0.323 e. The first-order valence-corrected chi connectivity index (χ1v) is 6.94. The molecule has 100 valence electrons. The van der Waals surface area contributed by atoms with Gasteiger partial charge in [0.15, 0.2) is 0 Å². The van der Waals surface area contributed by atoms with Crippen molar-refractivity contribution in [1.82, 2.24) is 10.2 Å². The standard InChI is InChI=1S/C10H20N2O4S/c1-10(2,3)12(7-8(13)14)9(15)11-5-6-17(4)16/h5-7H2,1-4H3,(H,11,15)(H,13,14). The molecule has 1 unspecified atom stereocenters. The van der Waals surface area contributed by atoms with Crippen LogP contribution in [-0.2, 0) is 15.6 Å². The van der Waals surface area contributed by atoms with Gasteiger partial charge in [-0.25, -0.2) is 4.79 Å². The molecule has 0 bridgehead atoms. The van der Waals surface area contributed by atoms with Gasteiger partial charge in [0.25, 0.3) is 0 Å². The lowest BCUT2D eigenvalue weighted by atomic mass is 10.1. The topological polar surface area (TPSA) is 86.7 Å². The van der Waals surface area contributed by atoms with Gasteiger partial charge in [-0.2, -0.15) is 0 Å². The Kier molecular flexibility index (Phi) is 6.15. The first kappa shape index (κ1) is 15.9. The van der Waals surface area contributed by atoms with Crippen LogP contribution in [-0.4, -0.2) is 56.9 Å². The van der Waals surface area contributed by atoms with Gasteiger partial charge in [-0.3, -0.25) is 9.00 Å². The first-order chi connectivity index (χ1) is 7.64. The first-order valence-electron chi connectivity index (χ1n) is 5.22. The Morgan fingerprint density at radius 3 is 2.24 bits per heavy atom. The zero-order valence-corrected chi connectivity index (χ0v) is 11.5. The van der Waals surface area contributed by atoms with Gasteiger partial charge in [-0.15, -0.1) is 0 Å². The molecule has 6 nitrogen and oxygen atoms in total. The second kappa shape index (κ2) is 6.58. The van der Waals surface area contributed by atoms with E-state index in [9.17, 15) is 13.8 Å². The van der Waals surface area contributed by atoms with E-state index in [1.54, 1.807) is 27.0 Å². The summed E-state index contributed by atoms with van der Waals surface area (Å²) in [7, 11) is -0.977. The molecule has 0 saturated carbocycles. The minimum Gasteiger partial charge on any atom is -0.480 e. The Labute approximate surface area is 104 Å². The van der Waals surface area contributed by atoms with Gasteiger partial charge in [0, 0.05) is 34.9 Å². The lowest BCUT2D eigenvalue weighted by molar-refractivity contribution is -0.138. The molecular weight excluding hydrogens is 244 g/mol. The molecule has 0 heterocycles. The van der Waals surface area contributed by atoms with Crippen LogP contribution in [0.5, 0.6) is 0 Å². The average Bonchev–Trinajstić information content (AvgIpc) is 2.11. The summed E-state index contributed by atoms with van der Waals surface area (Å²) in [5, 5.41) is 11.3. The zero-order valence-electron chi connectivity index (χ0n) is 10.6. The van der Waals surface area contributed by atoms with Crippen LogP contribution in [0.1, 0.15) is 20.8 Å². The second-order valence-electron chi connectivity index (χ2n) is 4.66. The highest BCUT2D eigenvalue weighted by Crippen LogP contribution is 2.12. The van der Waals surface area contributed by atoms with E-state index in [4.69, 9.17) is 5.11 Å². The van der Waals surface area contributed by atoms with Gasteiger partial charge in [0.2, 0.25) is 0 Å². The SMILES string of the molecule is CS(=O)CCNC(=O)N(CC(=O)O)C(C)(C)C. The maximum absolute atomic E-state index is 11.8. The van der Waals surface area contributed by atoms with Crippen molar-refractivity contribution >= 4 is 22.8 Å². The zero-order chi connectivity index (χ0) is 13.6. The number of carboxylic acids is 1. The van der Waals surface area contributed by atoms with Crippen LogP contribution in [0.2, 0.25) is 0 Å². The average molecular weight is 264 g/mol. The third-order valence-electron chi connectivity index (χ3n) is 2.01. The number of hydrogen-bond acceptors (Lipinski definition) is 3. The van der Waals surface area contributed by atoms with E-state index in [-0.39, 0.29) is 13.1 Å². The van der Waals surface area contributed by atoms with E-state index in [0.717, 1.165) is 0 Å². The Morgan fingerprint density at radius 2 is 1.88 bits per heavy atom. The lowest BCUT2D eigenvalue weighted by Gasteiger charge is -2.34. The van der Waals surface area contributed by atoms with Crippen molar-refractivity contribution in [1.29, 1.82) is 0 Å². The normalized spacial score (nSPS) is 12.9. The summed E-state index contributed by atoms with van der Waals surface area (Å²) >= 11 is 0. The van der Waals surface area contributed by atoms with Gasteiger partial charge in [0.1, 0.15) is 6.54 Å². The molecule has 0 aromatic carbocycles. The summed E-state index contributed by atoms with van der Waals surface area (Å²) in [6.45, 7) is 5.19. The van der Waals surface area contributed by atoms with Gasteiger partial charge in [-0.05, 0) is 20.8 Å². The minimum absolute atomic E-state index is 0.272. The number of carbonyl (C=O) groups excluding carboxylic acids is 1. The van der Waals surface area contributed by atoms with Crippen LogP contribution >= 0.6 is 0 Å². The molecule has 2 amide bonds. The summed E-state index contributed by atoms with van der Waals surface area (Å²) in [6, 6.07) is -0.453. The Bertz CT molecular complexity index is 312. The molecule has 0 rings (SSSR count). The third-order valence-corrected chi connectivity index (χ3v) is 2.79. The number of nitrogens with zero attached hydrogens (tertiary/aromatic N) is 1. The second-order valence-corrected chi connectivity index (χ2v) is 6.21. The molecule has 0 aliphatic carbocycles. The Morgan fingerprint density at radius 1 is 1.35 bits per heavy atom. The van der Waals surface area contributed by atoms with Crippen LogP contribution in [0.4, 0.5) is 4.79 Å². The predicted octanol–water partition coefficient (Wildman–Crippen LogP) is 0.260. The van der Waals surface area contributed by atoms with Gasteiger partial charge in [0.05, 0.1) is 0 Å². The van der Waals surface area contributed by atoms with E-state index in [2.05, 4.69) is 5.32 Å². The molecule has 1 atom stereocenters. The fourth-order valence-corrected chi connectivity index (χ4v) is 1.54. The Balaban J connectivity index is 4.44. The van der Waals surface area contributed by atoms with Crippen LogP contribution in [0.3, 0.4) is 0 Å². The Hall–Kier alpha value is -1.11. The van der Waals surface area contributed by atoms with Crippen LogP contribution in [0.15, 0.2) is 0 Å².